The highest BCUT2D eigenvalue weighted by Crippen LogP contribution is 2.43. The van der Waals surface area contributed by atoms with Gasteiger partial charge in [0.1, 0.15) is 17.4 Å². The molecule has 10 nitrogen and oxygen atoms in total. The Morgan fingerprint density at radius 1 is 0.750 bits per heavy atom. The monoisotopic (exact) mass is 527 g/mol. The third-order valence-corrected chi connectivity index (χ3v) is 5.95. The van der Waals surface area contributed by atoms with Gasteiger partial charge in [-0.2, -0.15) is 5.26 Å². The van der Waals surface area contributed by atoms with Crippen molar-refractivity contribution in [2.24, 2.45) is 0 Å². The molecule has 6 rings (SSSR count). The summed E-state index contributed by atoms with van der Waals surface area (Å²) in [5.41, 5.74) is 3.54. The highest BCUT2D eigenvalue weighted by Gasteiger charge is 2.26. The van der Waals surface area contributed by atoms with E-state index in [0.717, 1.165) is 11.3 Å². The smallest absolute Gasteiger partial charge is 0.217 e. The van der Waals surface area contributed by atoms with E-state index >= 15 is 0 Å². The van der Waals surface area contributed by atoms with Crippen molar-refractivity contribution in [2.45, 2.75) is 0 Å². The second-order valence-corrected chi connectivity index (χ2v) is 8.54. The van der Waals surface area contributed by atoms with Gasteiger partial charge in [0, 0.05) is 5.56 Å². The molecule has 4 aromatic heterocycles. The molecule has 194 valence electrons. The molecule has 40 heavy (non-hydrogen) atoms. The number of furan rings is 3. The molecule has 10 heteroatoms. The van der Waals surface area contributed by atoms with Gasteiger partial charge in [0.25, 0.3) is 0 Å². The number of rotatable bonds is 7. The van der Waals surface area contributed by atoms with Gasteiger partial charge in [-0.15, -0.1) is 10.2 Å². The zero-order chi connectivity index (χ0) is 27.3. The maximum absolute atomic E-state index is 10.1. The van der Waals surface area contributed by atoms with Crippen LogP contribution in [-0.2, 0) is 0 Å². The molecule has 0 spiro atoms. The Hall–Kier alpha value is -6.08. The summed E-state index contributed by atoms with van der Waals surface area (Å²) in [6.07, 6.45) is 3.06. The third-order valence-electron chi connectivity index (χ3n) is 5.95. The number of aromatic nitrogens is 2. The van der Waals surface area contributed by atoms with Gasteiger partial charge >= 0.3 is 0 Å². The summed E-state index contributed by atoms with van der Waals surface area (Å²) in [7, 11) is 0. The standard InChI is InChI=1S/C30H21N7O3/c31-18-20-27(24-12-6-16-38-24)28(25-13-7-17-39-25)40-29(20)33-22-10-4-5-11-23(22)34-30(32)35-26-15-14-21(36-37-26)19-8-2-1-3-9-19/h1-17,33H,(H3,32,34,35,37). The maximum Gasteiger partial charge on any atom is 0.217 e. The lowest BCUT2D eigenvalue weighted by molar-refractivity contribution is 0.530. The molecular formula is C30H21N7O3. The summed E-state index contributed by atoms with van der Waals surface area (Å²) < 4.78 is 17.3. The summed E-state index contributed by atoms with van der Waals surface area (Å²) in [6, 6.07) is 29.7. The first-order valence-electron chi connectivity index (χ1n) is 12.2. The largest absolute Gasteiger partial charge is 0.464 e. The first-order chi connectivity index (χ1) is 19.7. The quantitative estimate of drug-likeness (QED) is 0.124. The number of nitrogens with zero attached hydrogens (tertiary/aromatic N) is 3. The van der Waals surface area contributed by atoms with Crippen molar-refractivity contribution in [1.82, 2.24) is 10.2 Å². The van der Waals surface area contributed by atoms with Gasteiger partial charge in [-0.3, -0.25) is 5.41 Å². The van der Waals surface area contributed by atoms with E-state index in [2.05, 4.69) is 32.2 Å². The molecule has 0 aliphatic heterocycles. The van der Waals surface area contributed by atoms with Gasteiger partial charge < -0.3 is 29.2 Å². The molecule has 0 unspecified atom stereocenters. The molecule has 6 aromatic rings. The van der Waals surface area contributed by atoms with Crippen molar-refractivity contribution in [2.75, 3.05) is 16.0 Å². The van der Waals surface area contributed by atoms with Crippen LogP contribution in [0.5, 0.6) is 0 Å². The van der Waals surface area contributed by atoms with E-state index in [-0.39, 0.29) is 17.4 Å². The van der Waals surface area contributed by atoms with E-state index in [9.17, 15) is 5.26 Å². The van der Waals surface area contributed by atoms with Crippen molar-refractivity contribution >= 4 is 29.0 Å². The lowest BCUT2D eigenvalue weighted by Gasteiger charge is -2.14. The molecule has 0 radical (unpaired) electrons. The molecule has 4 N–H and O–H groups in total. The predicted molar refractivity (Wildman–Crippen MR) is 151 cm³/mol. The molecule has 0 saturated carbocycles. The minimum Gasteiger partial charge on any atom is -0.464 e. The number of hydrogen-bond donors (Lipinski definition) is 4. The molecule has 0 atom stereocenters. The SMILES string of the molecule is N#Cc1c(Nc2ccccc2NC(=N)Nc2ccc(-c3ccccc3)nn2)oc(-c2ccco2)c1-c1ccco1. The fourth-order valence-electron chi connectivity index (χ4n) is 4.14. The number of nitriles is 1. The van der Waals surface area contributed by atoms with Crippen LogP contribution in [0.2, 0.25) is 0 Å². The van der Waals surface area contributed by atoms with Crippen LogP contribution in [-0.4, -0.2) is 16.2 Å². The van der Waals surface area contributed by atoms with E-state index in [1.807, 2.05) is 48.5 Å². The van der Waals surface area contributed by atoms with Crippen molar-refractivity contribution in [3.8, 4) is 40.2 Å². The van der Waals surface area contributed by atoms with E-state index in [4.69, 9.17) is 18.7 Å². The average Bonchev–Trinajstić information content (AvgIpc) is 3.76. The van der Waals surface area contributed by atoms with Gasteiger partial charge in [0.2, 0.25) is 5.88 Å². The van der Waals surface area contributed by atoms with Crippen LogP contribution in [0.15, 0.2) is 117 Å². The van der Waals surface area contributed by atoms with Crippen molar-refractivity contribution < 1.29 is 13.3 Å². The second-order valence-electron chi connectivity index (χ2n) is 8.54. The summed E-state index contributed by atoms with van der Waals surface area (Å²) in [5, 5.41) is 36.0. The lowest BCUT2D eigenvalue weighted by atomic mass is 10.1. The molecule has 0 aliphatic carbocycles. The van der Waals surface area contributed by atoms with E-state index in [1.54, 1.807) is 42.5 Å². The van der Waals surface area contributed by atoms with E-state index in [0.29, 0.717) is 40.0 Å². The van der Waals surface area contributed by atoms with Crippen LogP contribution >= 0.6 is 0 Å². The summed E-state index contributed by atoms with van der Waals surface area (Å²) >= 11 is 0. The molecule has 0 amide bonds. The second kappa shape index (κ2) is 10.7. The Labute approximate surface area is 228 Å². The fourth-order valence-corrected chi connectivity index (χ4v) is 4.14. The van der Waals surface area contributed by atoms with Gasteiger partial charge in [0.05, 0.1) is 35.2 Å². The maximum atomic E-state index is 10.1. The molecule has 0 aliphatic rings. The third kappa shape index (κ3) is 4.90. The first kappa shape index (κ1) is 24.3. The molecule has 0 fully saturated rings. The molecule has 0 bridgehead atoms. The highest BCUT2D eigenvalue weighted by atomic mass is 16.4. The summed E-state index contributed by atoms with van der Waals surface area (Å²) in [4.78, 5) is 0. The normalized spacial score (nSPS) is 10.6. The Bertz CT molecular complexity index is 1780. The summed E-state index contributed by atoms with van der Waals surface area (Å²) in [6.45, 7) is 0. The number of anilines is 4. The Morgan fingerprint density at radius 2 is 1.48 bits per heavy atom. The Balaban J connectivity index is 1.24. The Kier molecular flexibility index (Phi) is 6.51. The molecule has 2 aromatic carbocycles. The van der Waals surface area contributed by atoms with Gasteiger partial charge in [0.15, 0.2) is 23.3 Å². The zero-order valence-electron chi connectivity index (χ0n) is 20.9. The zero-order valence-corrected chi connectivity index (χ0v) is 20.9. The molecular weight excluding hydrogens is 506 g/mol. The highest BCUT2D eigenvalue weighted by molar-refractivity contribution is 6.03. The van der Waals surface area contributed by atoms with Crippen LogP contribution in [0.4, 0.5) is 23.1 Å². The average molecular weight is 528 g/mol. The predicted octanol–water partition coefficient (Wildman–Crippen LogP) is 7.33. The summed E-state index contributed by atoms with van der Waals surface area (Å²) in [5.74, 6) is 1.87. The lowest BCUT2D eigenvalue weighted by Crippen LogP contribution is -2.21. The van der Waals surface area contributed by atoms with Crippen molar-refractivity contribution in [3.63, 3.8) is 0 Å². The van der Waals surface area contributed by atoms with Crippen molar-refractivity contribution in [3.05, 3.63) is 109 Å². The van der Waals surface area contributed by atoms with Crippen LogP contribution in [0.3, 0.4) is 0 Å². The minimum atomic E-state index is -0.0245. The fraction of sp³-hybridized carbons (Fsp3) is 0. The van der Waals surface area contributed by atoms with Crippen molar-refractivity contribution in [1.29, 1.82) is 10.7 Å². The van der Waals surface area contributed by atoms with E-state index in [1.165, 1.54) is 12.5 Å². The topological polar surface area (TPSA) is 149 Å². The van der Waals surface area contributed by atoms with Gasteiger partial charge in [-0.1, -0.05) is 42.5 Å². The van der Waals surface area contributed by atoms with Gasteiger partial charge in [-0.05, 0) is 48.5 Å². The van der Waals surface area contributed by atoms with Crippen LogP contribution in [0.25, 0.3) is 34.1 Å². The number of para-hydroxylation sites is 2. The number of hydrogen-bond acceptors (Lipinski definition) is 8. The van der Waals surface area contributed by atoms with Crippen LogP contribution in [0, 0.1) is 16.7 Å². The molecule has 4 heterocycles. The van der Waals surface area contributed by atoms with E-state index < -0.39 is 0 Å². The van der Waals surface area contributed by atoms with Gasteiger partial charge in [-0.25, -0.2) is 0 Å². The molecule has 0 saturated heterocycles. The Morgan fingerprint density at radius 3 is 2.15 bits per heavy atom. The number of nitrogens with one attached hydrogen (secondary N) is 4. The van der Waals surface area contributed by atoms with Crippen LogP contribution < -0.4 is 16.0 Å². The van der Waals surface area contributed by atoms with Crippen LogP contribution in [0.1, 0.15) is 5.56 Å². The minimum absolute atomic E-state index is 0.0245. The first-order valence-corrected chi connectivity index (χ1v) is 12.2. The number of benzene rings is 2. The number of guanidine groups is 1.